The van der Waals surface area contributed by atoms with E-state index in [9.17, 15) is 9.59 Å². The maximum atomic E-state index is 12.8. The third-order valence-electron chi connectivity index (χ3n) is 5.55. The Morgan fingerprint density at radius 1 is 0.719 bits per heavy atom. The normalized spacial score (nSPS) is 12.0. The molecule has 3 aromatic rings. The average Bonchev–Trinajstić information content (AvgIpc) is 3.21. The topological polar surface area (TPSA) is 93.8 Å². The van der Waals surface area contributed by atoms with Crippen molar-refractivity contribution < 1.29 is 9.59 Å². The Morgan fingerprint density at radius 2 is 1.09 bits per heavy atom. The van der Waals surface area contributed by atoms with E-state index in [-0.39, 0.29) is 12.1 Å². The summed E-state index contributed by atoms with van der Waals surface area (Å²) in [6, 6.07) is 11.0. The smallest absolute Gasteiger partial charge is 0.327 e. The van der Waals surface area contributed by atoms with E-state index in [1.807, 2.05) is 91.8 Å². The highest BCUT2D eigenvalue weighted by molar-refractivity contribution is 5.78. The minimum atomic E-state index is -0.658. The van der Waals surface area contributed by atoms with E-state index in [0.717, 1.165) is 33.9 Å². The second-order valence-corrected chi connectivity index (χ2v) is 9.37. The molecule has 0 bridgehead atoms. The van der Waals surface area contributed by atoms with E-state index in [4.69, 9.17) is 0 Å². The van der Waals surface area contributed by atoms with E-state index in [2.05, 4.69) is 20.8 Å². The maximum absolute atomic E-state index is 12.8. The fraction of sp³-hybridized carbons (Fsp3) is 0.417. The number of carbonyl (C=O) groups is 2. The quantitative estimate of drug-likeness (QED) is 0.638. The first kappa shape index (κ1) is 23.2. The van der Waals surface area contributed by atoms with Crippen LogP contribution < -0.4 is 10.6 Å². The number of hydrogen-bond donors (Lipinski definition) is 2. The number of nitrogens with zero attached hydrogens (tertiary/aromatic N) is 4. The zero-order chi connectivity index (χ0) is 23.8. The van der Waals surface area contributed by atoms with Crippen LogP contribution in [0.25, 0.3) is 0 Å². The van der Waals surface area contributed by atoms with Gasteiger partial charge in [-0.05, 0) is 78.6 Å². The lowest BCUT2D eigenvalue weighted by atomic mass is 9.87. The van der Waals surface area contributed by atoms with Crippen LogP contribution in [0.1, 0.15) is 61.6 Å². The Bertz CT molecular complexity index is 1080. The van der Waals surface area contributed by atoms with Crippen LogP contribution >= 0.6 is 0 Å². The standard InChI is InChI=1S/C24H32N6O2/c1-15-12-17(3)29(27-15)21(31)25-23(5,6)19-10-9-11-20(14-19)24(7,8)26-22(32)30-18(4)13-16(2)28-30/h9-14H,1-8H3,(H,25,31)(H,26,32). The summed E-state index contributed by atoms with van der Waals surface area (Å²) in [6.45, 7) is 15.2. The highest BCUT2D eigenvalue weighted by Crippen LogP contribution is 2.27. The summed E-state index contributed by atoms with van der Waals surface area (Å²) in [5.41, 5.74) is 3.64. The Morgan fingerprint density at radius 3 is 1.41 bits per heavy atom. The highest BCUT2D eigenvalue weighted by atomic mass is 16.2. The van der Waals surface area contributed by atoms with Gasteiger partial charge < -0.3 is 10.6 Å². The molecule has 0 aliphatic heterocycles. The number of nitrogens with one attached hydrogen (secondary N) is 2. The molecule has 2 amide bonds. The lowest BCUT2D eigenvalue weighted by Crippen LogP contribution is -2.45. The third-order valence-corrected chi connectivity index (χ3v) is 5.55. The molecule has 8 heteroatoms. The predicted octanol–water partition coefficient (Wildman–Crippen LogP) is 4.30. The van der Waals surface area contributed by atoms with Crippen LogP contribution in [0.3, 0.4) is 0 Å². The summed E-state index contributed by atoms with van der Waals surface area (Å²) >= 11 is 0. The van der Waals surface area contributed by atoms with Crippen molar-refractivity contribution in [3.63, 3.8) is 0 Å². The molecular formula is C24H32N6O2. The van der Waals surface area contributed by atoms with Crippen molar-refractivity contribution in [2.45, 2.75) is 66.5 Å². The minimum absolute atomic E-state index is 0.289. The Balaban J connectivity index is 1.82. The molecule has 32 heavy (non-hydrogen) atoms. The van der Waals surface area contributed by atoms with Gasteiger partial charge in [-0.15, -0.1) is 0 Å². The minimum Gasteiger partial charge on any atom is -0.327 e. The SMILES string of the molecule is Cc1cc(C)n(C(=O)NC(C)(C)c2cccc(C(C)(C)NC(=O)n3nc(C)cc3C)c2)n1. The predicted molar refractivity (Wildman–Crippen MR) is 124 cm³/mol. The van der Waals surface area contributed by atoms with Gasteiger partial charge in [0.1, 0.15) is 0 Å². The van der Waals surface area contributed by atoms with Crippen molar-refractivity contribution in [3.05, 3.63) is 70.3 Å². The van der Waals surface area contributed by atoms with Crippen molar-refractivity contribution in [1.82, 2.24) is 30.2 Å². The van der Waals surface area contributed by atoms with Crippen LogP contribution in [0.4, 0.5) is 9.59 Å². The summed E-state index contributed by atoms with van der Waals surface area (Å²) in [6.07, 6.45) is 0. The summed E-state index contributed by atoms with van der Waals surface area (Å²) in [4.78, 5) is 25.6. The van der Waals surface area contributed by atoms with Gasteiger partial charge in [-0.3, -0.25) is 0 Å². The van der Waals surface area contributed by atoms with Gasteiger partial charge in [0.05, 0.1) is 22.5 Å². The van der Waals surface area contributed by atoms with E-state index in [1.54, 1.807) is 0 Å². The van der Waals surface area contributed by atoms with Crippen LogP contribution in [0.5, 0.6) is 0 Å². The molecule has 0 fully saturated rings. The van der Waals surface area contributed by atoms with Gasteiger partial charge in [-0.25, -0.2) is 9.59 Å². The van der Waals surface area contributed by atoms with E-state index in [1.165, 1.54) is 9.36 Å². The summed E-state index contributed by atoms with van der Waals surface area (Å²) < 4.78 is 2.75. The van der Waals surface area contributed by atoms with Gasteiger partial charge in [-0.1, -0.05) is 24.3 Å². The number of carbonyl (C=O) groups excluding carboxylic acids is 2. The second-order valence-electron chi connectivity index (χ2n) is 9.37. The molecule has 0 saturated heterocycles. The van der Waals surface area contributed by atoms with Crippen LogP contribution in [-0.2, 0) is 11.1 Å². The fourth-order valence-corrected chi connectivity index (χ4v) is 3.75. The van der Waals surface area contributed by atoms with Gasteiger partial charge in [0.2, 0.25) is 0 Å². The zero-order valence-electron chi connectivity index (χ0n) is 20.1. The number of amides is 2. The van der Waals surface area contributed by atoms with Gasteiger partial charge >= 0.3 is 12.1 Å². The van der Waals surface area contributed by atoms with Crippen LogP contribution in [-0.4, -0.2) is 31.6 Å². The Labute approximate surface area is 189 Å². The molecule has 170 valence electrons. The largest absolute Gasteiger partial charge is 0.342 e. The van der Waals surface area contributed by atoms with Gasteiger partial charge in [-0.2, -0.15) is 19.6 Å². The molecule has 8 nitrogen and oxygen atoms in total. The van der Waals surface area contributed by atoms with E-state index in [0.29, 0.717) is 0 Å². The van der Waals surface area contributed by atoms with Crippen LogP contribution in [0.2, 0.25) is 0 Å². The molecule has 1 aromatic carbocycles. The summed E-state index contributed by atoms with van der Waals surface area (Å²) in [7, 11) is 0. The number of benzene rings is 1. The van der Waals surface area contributed by atoms with Crippen LogP contribution in [0, 0.1) is 27.7 Å². The molecule has 0 radical (unpaired) electrons. The zero-order valence-corrected chi connectivity index (χ0v) is 20.1. The molecule has 0 aliphatic carbocycles. The number of aryl methyl sites for hydroxylation is 4. The van der Waals surface area contributed by atoms with Crippen molar-refractivity contribution >= 4 is 12.1 Å². The first-order valence-corrected chi connectivity index (χ1v) is 10.6. The average molecular weight is 437 g/mol. The highest BCUT2D eigenvalue weighted by Gasteiger charge is 2.29. The number of aromatic nitrogens is 4. The van der Waals surface area contributed by atoms with Crippen molar-refractivity contribution in [2.75, 3.05) is 0 Å². The molecule has 0 unspecified atom stereocenters. The summed E-state index contributed by atoms with van der Waals surface area (Å²) in [5.74, 6) is 0. The number of rotatable bonds is 4. The molecule has 0 saturated carbocycles. The molecule has 3 rings (SSSR count). The second kappa shape index (κ2) is 8.26. The first-order chi connectivity index (χ1) is 14.8. The van der Waals surface area contributed by atoms with E-state index >= 15 is 0 Å². The first-order valence-electron chi connectivity index (χ1n) is 10.6. The molecule has 0 atom stereocenters. The van der Waals surface area contributed by atoms with E-state index < -0.39 is 11.1 Å². The molecule has 0 spiro atoms. The lowest BCUT2D eigenvalue weighted by molar-refractivity contribution is 0.228. The van der Waals surface area contributed by atoms with Crippen molar-refractivity contribution in [2.24, 2.45) is 0 Å². The molecule has 2 N–H and O–H groups in total. The summed E-state index contributed by atoms with van der Waals surface area (Å²) in [5, 5.41) is 14.6. The van der Waals surface area contributed by atoms with Crippen molar-refractivity contribution in [1.29, 1.82) is 0 Å². The molecule has 0 aliphatic rings. The van der Waals surface area contributed by atoms with Gasteiger partial charge in [0.25, 0.3) is 0 Å². The molecule has 2 aromatic heterocycles. The monoisotopic (exact) mass is 436 g/mol. The molecular weight excluding hydrogens is 404 g/mol. The lowest BCUT2D eigenvalue weighted by Gasteiger charge is -2.31. The Kier molecular flexibility index (Phi) is 6.00. The van der Waals surface area contributed by atoms with Crippen molar-refractivity contribution in [3.8, 4) is 0 Å². The molecule has 2 heterocycles. The van der Waals surface area contributed by atoms with Gasteiger partial charge in [0, 0.05) is 11.4 Å². The Hall–Kier alpha value is -3.42. The third kappa shape index (κ3) is 4.74. The van der Waals surface area contributed by atoms with Crippen LogP contribution in [0.15, 0.2) is 36.4 Å². The van der Waals surface area contributed by atoms with Gasteiger partial charge in [0.15, 0.2) is 0 Å². The fourth-order valence-electron chi connectivity index (χ4n) is 3.75. The number of hydrogen-bond acceptors (Lipinski definition) is 4. The maximum Gasteiger partial charge on any atom is 0.342 e.